The van der Waals surface area contributed by atoms with Crippen molar-refractivity contribution in [2.75, 3.05) is 7.11 Å². The number of ether oxygens (including phenoxy) is 1. The summed E-state index contributed by atoms with van der Waals surface area (Å²) in [5.74, 6) is 0.137. The van der Waals surface area contributed by atoms with E-state index in [2.05, 4.69) is 14.9 Å². The first-order chi connectivity index (χ1) is 6.74. The molecule has 1 heterocycles. The van der Waals surface area contributed by atoms with Crippen LogP contribution in [0.3, 0.4) is 0 Å². The third-order valence-corrected chi connectivity index (χ3v) is 1.77. The highest BCUT2D eigenvalue weighted by Gasteiger charge is 2.22. The zero-order valence-corrected chi connectivity index (χ0v) is 7.13. The third kappa shape index (κ3) is 1.06. The van der Waals surface area contributed by atoms with E-state index in [0.29, 0.717) is 5.52 Å². The number of nitrogens with zero attached hydrogens (tertiary/aromatic N) is 3. The lowest BCUT2D eigenvalue weighted by molar-refractivity contribution is -0.384. The number of rotatable bonds is 2. The van der Waals surface area contributed by atoms with Gasteiger partial charge in [-0.15, -0.1) is 0 Å². The van der Waals surface area contributed by atoms with Crippen molar-refractivity contribution in [2.24, 2.45) is 0 Å². The Morgan fingerprint density at radius 2 is 2.29 bits per heavy atom. The minimum atomic E-state index is -0.578. The second kappa shape index (κ2) is 2.95. The molecule has 7 nitrogen and oxygen atoms in total. The maximum atomic E-state index is 10.7. The molecule has 0 bridgehead atoms. The number of hydrogen-bond acceptors (Lipinski definition) is 6. The van der Waals surface area contributed by atoms with Crippen LogP contribution in [0.1, 0.15) is 0 Å². The molecule has 72 valence electrons. The Labute approximate surface area is 77.4 Å². The lowest BCUT2D eigenvalue weighted by Gasteiger charge is -1.99. The summed E-state index contributed by atoms with van der Waals surface area (Å²) in [5, 5.41) is 17.6. The van der Waals surface area contributed by atoms with E-state index in [0.717, 1.165) is 0 Å². The van der Waals surface area contributed by atoms with Gasteiger partial charge in [0, 0.05) is 0 Å². The highest BCUT2D eigenvalue weighted by molar-refractivity contribution is 5.86. The molecule has 0 unspecified atom stereocenters. The van der Waals surface area contributed by atoms with Crippen LogP contribution in [0, 0.1) is 10.1 Å². The lowest BCUT2D eigenvalue weighted by Crippen LogP contribution is -1.94. The number of aromatic nitrogens is 2. The van der Waals surface area contributed by atoms with Gasteiger partial charge < -0.3 is 4.74 Å². The van der Waals surface area contributed by atoms with Crippen LogP contribution < -0.4 is 4.74 Å². The summed E-state index contributed by atoms with van der Waals surface area (Å²) in [4.78, 5) is 10.1. The smallest absolute Gasteiger partial charge is 0.342 e. The minimum Gasteiger partial charge on any atom is -0.490 e. The summed E-state index contributed by atoms with van der Waals surface area (Å²) in [6.45, 7) is 0. The fourth-order valence-corrected chi connectivity index (χ4v) is 1.16. The normalized spacial score (nSPS) is 10.4. The van der Waals surface area contributed by atoms with Crippen molar-refractivity contribution in [3.8, 4) is 5.75 Å². The predicted molar refractivity (Wildman–Crippen MR) is 45.0 cm³/mol. The summed E-state index contributed by atoms with van der Waals surface area (Å²) >= 11 is 0. The molecule has 0 spiro atoms. The summed E-state index contributed by atoms with van der Waals surface area (Å²) in [6, 6.07) is 2.99. The Morgan fingerprint density at radius 3 is 2.93 bits per heavy atom. The molecule has 0 saturated carbocycles. The van der Waals surface area contributed by atoms with E-state index in [1.807, 2.05) is 0 Å². The molecule has 0 radical (unpaired) electrons. The Morgan fingerprint density at radius 1 is 1.50 bits per heavy atom. The molecule has 0 amide bonds. The zero-order chi connectivity index (χ0) is 10.1. The molecule has 0 aliphatic carbocycles. The molecule has 0 saturated heterocycles. The van der Waals surface area contributed by atoms with Crippen LogP contribution in [0.4, 0.5) is 5.69 Å². The highest BCUT2D eigenvalue weighted by atomic mass is 16.6. The largest absolute Gasteiger partial charge is 0.490 e. The maximum absolute atomic E-state index is 10.7. The molecule has 1 aromatic heterocycles. The zero-order valence-electron chi connectivity index (χ0n) is 7.13. The Kier molecular flexibility index (Phi) is 1.77. The van der Waals surface area contributed by atoms with Gasteiger partial charge in [-0.3, -0.25) is 10.1 Å². The van der Waals surface area contributed by atoms with Gasteiger partial charge in [-0.05, 0) is 22.4 Å². The van der Waals surface area contributed by atoms with Crippen molar-refractivity contribution >= 4 is 16.7 Å². The van der Waals surface area contributed by atoms with Crippen molar-refractivity contribution < 1.29 is 14.3 Å². The number of fused-ring (bicyclic) bond motifs is 1. The van der Waals surface area contributed by atoms with Crippen LogP contribution in [0.25, 0.3) is 11.0 Å². The van der Waals surface area contributed by atoms with Crippen LogP contribution in [-0.4, -0.2) is 22.3 Å². The second-order valence-electron chi connectivity index (χ2n) is 2.51. The van der Waals surface area contributed by atoms with E-state index >= 15 is 0 Å². The highest BCUT2D eigenvalue weighted by Crippen LogP contribution is 2.32. The van der Waals surface area contributed by atoms with Crippen LogP contribution in [-0.2, 0) is 0 Å². The number of hydrogen-bond donors (Lipinski definition) is 0. The molecule has 14 heavy (non-hydrogen) atoms. The van der Waals surface area contributed by atoms with E-state index < -0.39 is 4.92 Å². The number of nitro groups is 1. The summed E-state index contributed by atoms with van der Waals surface area (Å²) < 4.78 is 9.23. The monoisotopic (exact) mass is 195 g/mol. The van der Waals surface area contributed by atoms with Crippen molar-refractivity contribution in [3.63, 3.8) is 0 Å². The molecule has 7 heteroatoms. The molecular weight excluding hydrogens is 190 g/mol. The van der Waals surface area contributed by atoms with E-state index in [1.54, 1.807) is 0 Å². The first-order valence-electron chi connectivity index (χ1n) is 3.67. The summed E-state index contributed by atoms with van der Waals surface area (Å²) in [5.41, 5.74) is 0.193. The summed E-state index contributed by atoms with van der Waals surface area (Å²) in [6.07, 6.45) is 0. The maximum Gasteiger partial charge on any atom is 0.342 e. The lowest BCUT2D eigenvalue weighted by atomic mass is 10.2. The van der Waals surface area contributed by atoms with Gasteiger partial charge in [0.2, 0.25) is 5.52 Å². The molecule has 0 aliphatic rings. The van der Waals surface area contributed by atoms with Gasteiger partial charge in [0.25, 0.3) is 0 Å². The average Bonchev–Trinajstić information content (AvgIpc) is 2.62. The van der Waals surface area contributed by atoms with Gasteiger partial charge in [-0.1, -0.05) is 0 Å². The minimum absolute atomic E-state index is 0.0920. The van der Waals surface area contributed by atoms with E-state index in [1.165, 1.54) is 19.2 Å². The molecule has 0 fully saturated rings. The molecule has 0 atom stereocenters. The van der Waals surface area contributed by atoms with Crippen molar-refractivity contribution in [1.29, 1.82) is 0 Å². The molecule has 0 aliphatic heterocycles. The third-order valence-electron chi connectivity index (χ3n) is 1.77. The quantitative estimate of drug-likeness (QED) is 0.527. The van der Waals surface area contributed by atoms with Gasteiger partial charge in [-0.2, -0.15) is 0 Å². The Balaban J connectivity index is 2.82. The number of methoxy groups -OCH3 is 1. The van der Waals surface area contributed by atoms with Crippen LogP contribution in [0.5, 0.6) is 5.75 Å². The standard InChI is InChI=1S/C7H5N3O4/c1-13-5-3-2-4-6(9-14-8-4)7(5)10(11)12/h2-3H,1H3. The van der Waals surface area contributed by atoms with Gasteiger partial charge in [-0.25, -0.2) is 4.63 Å². The fourth-order valence-electron chi connectivity index (χ4n) is 1.16. The van der Waals surface area contributed by atoms with Gasteiger partial charge >= 0.3 is 5.69 Å². The average molecular weight is 195 g/mol. The number of benzene rings is 1. The second-order valence-corrected chi connectivity index (χ2v) is 2.51. The van der Waals surface area contributed by atoms with E-state index in [4.69, 9.17) is 4.74 Å². The van der Waals surface area contributed by atoms with Crippen LogP contribution in [0.2, 0.25) is 0 Å². The van der Waals surface area contributed by atoms with Crippen molar-refractivity contribution in [2.45, 2.75) is 0 Å². The first kappa shape index (κ1) is 8.42. The van der Waals surface area contributed by atoms with Crippen LogP contribution in [0.15, 0.2) is 16.8 Å². The van der Waals surface area contributed by atoms with E-state index in [9.17, 15) is 10.1 Å². The molecular formula is C7H5N3O4. The topological polar surface area (TPSA) is 91.3 Å². The molecule has 0 N–H and O–H groups in total. The molecule has 2 rings (SSSR count). The SMILES string of the molecule is COc1ccc2nonc2c1[N+](=O)[O-]. The Bertz CT molecular complexity index is 493. The predicted octanol–water partition coefficient (Wildman–Crippen LogP) is 1.14. The first-order valence-corrected chi connectivity index (χ1v) is 3.67. The van der Waals surface area contributed by atoms with Gasteiger partial charge in [0.15, 0.2) is 5.75 Å². The fraction of sp³-hybridized carbons (Fsp3) is 0.143. The summed E-state index contributed by atoms with van der Waals surface area (Å²) in [7, 11) is 1.35. The molecule has 2 aromatic rings. The van der Waals surface area contributed by atoms with Gasteiger partial charge in [0.05, 0.1) is 12.0 Å². The van der Waals surface area contributed by atoms with Crippen molar-refractivity contribution in [3.05, 3.63) is 22.2 Å². The molecule has 1 aromatic carbocycles. The van der Waals surface area contributed by atoms with Crippen molar-refractivity contribution in [1.82, 2.24) is 10.3 Å². The van der Waals surface area contributed by atoms with Gasteiger partial charge in [0.1, 0.15) is 5.52 Å². The van der Waals surface area contributed by atoms with E-state index in [-0.39, 0.29) is 17.0 Å². The number of nitro benzene ring substituents is 1. The van der Waals surface area contributed by atoms with Crippen LogP contribution >= 0.6 is 0 Å². The Hall–Kier alpha value is -2.18.